The highest BCUT2D eigenvalue weighted by atomic mass is 32.1. The average molecular weight is 118 g/mol. The van der Waals surface area contributed by atoms with Crippen LogP contribution in [0.4, 0.5) is 0 Å². The van der Waals surface area contributed by atoms with Crippen molar-refractivity contribution in [1.82, 2.24) is 0 Å². The molecule has 0 nitrogen and oxygen atoms in total. The van der Waals surface area contributed by atoms with E-state index in [4.69, 9.17) is 0 Å². The SMILES string of the molecule is CC[C@H](C)CCS. The van der Waals surface area contributed by atoms with Crippen molar-refractivity contribution in [3.63, 3.8) is 0 Å². The molecule has 0 saturated heterocycles. The molecular weight excluding hydrogens is 104 g/mol. The molecule has 0 rings (SSSR count). The molecule has 0 fully saturated rings. The van der Waals surface area contributed by atoms with Gasteiger partial charge in [-0.3, -0.25) is 0 Å². The number of thiol groups is 1. The van der Waals surface area contributed by atoms with Gasteiger partial charge >= 0.3 is 0 Å². The predicted molar refractivity (Wildman–Crippen MR) is 37.9 cm³/mol. The number of hydrogen-bond acceptors (Lipinski definition) is 1. The standard InChI is InChI=1S/C6H14S/c1-3-6(2)4-5-7/h6-7H,3-5H2,1-2H3/t6-/m0/s1. The smallest absolute Gasteiger partial charge is 0.00954 e. The van der Waals surface area contributed by atoms with Crippen LogP contribution in [0, 0.1) is 5.92 Å². The van der Waals surface area contributed by atoms with Crippen molar-refractivity contribution in [2.75, 3.05) is 5.75 Å². The van der Waals surface area contributed by atoms with Crippen LogP contribution in [-0.2, 0) is 0 Å². The van der Waals surface area contributed by atoms with E-state index < -0.39 is 0 Å². The molecule has 0 radical (unpaired) electrons. The van der Waals surface area contributed by atoms with Crippen molar-refractivity contribution < 1.29 is 0 Å². The fraction of sp³-hybridized carbons (Fsp3) is 1.00. The van der Waals surface area contributed by atoms with Gasteiger partial charge in [0.15, 0.2) is 0 Å². The summed E-state index contributed by atoms with van der Waals surface area (Å²) in [7, 11) is 0. The largest absolute Gasteiger partial charge is 0.179 e. The highest BCUT2D eigenvalue weighted by molar-refractivity contribution is 7.80. The van der Waals surface area contributed by atoms with Gasteiger partial charge in [0.05, 0.1) is 0 Å². The van der Waals surface area contributed by atoms with E-state index in [1.54, 1.807) is 0 Å². The van der Waals surface area contributed by atoms with E-state index in [0.29, 0.717) is 0 Å². The van der Waals surface area contributed by atoms with Crippen LogP contribution in [-0.4, -0.2) is 5.75 Å². The van der Waals surface area contributed by atoms with E-state index in [1.165, 1.54) is 12.8 Å². The van der Waals surface area contributed by atoms with Crippen LogP contribution in [0.3, 0.4) is 0 Å². The minimum atomic E-state index is 0.873. The first kappa shape index (κ1) is 7.35. The third-order valence-electron chi connectivity index (χ3n) is 1.32. The molecule has 0 bridgehead atoms. The van der Waals surface area contributed by atoms with Gasteiger partial charge in [0.1, 0.15) is 0 Å². The van der Waals surface area contributed by atoms with Gasteiger partial charge in [-0.05, 0) is 18.1 Å². The topological polar surface area (TPSA) is 0 Å². The molecule has 0 aromatic carbocycles. The van der Waals surface area contributed by atoms with E-state index in [1.807, 2.05) is 0 Å². The van der Waals surface area contributed by atoms with E-state index >= 15 is 0 Å². The molecule has 0 spiro atoms. The minimum Gasteiger partial charge on any atom is -0.179 e. The van der Waals surface area contributed by atoms with Crippen molar-refractivity contribution >= 4 is 12.6 Å². The van der Waals surface area contributed by atoms with E-state index in [-0.39, 0.29) is 0 Å². The highest BCUT2D eigenvalue weighted by Gasteiger charge is 1.93. The Kier molecular flexibility index (Phi) is 4.73. The Labute approximate surface area is 51.7 Å². The van der Waals surface area contributed by atoms with Crippen molar-refractivity contribution in [3.8, 4) is 0 Å². The fourth-order valence-electron chi connectivity index (χ4n) is 0.425. The quantitative estimate of drug-likeness (QED) is 0.540. The molecule has 0 amide bonds. The van der Waals surface area contributed by atoms with Crippen molar-refractivity contribution in [2.45, 2.75) is 26.7 Å². The lowest BCUT2D eigenvalue weighted by Gasteiger charge is -2.02. The Morgan fingerprint density at radius 1 is 1.57 bits per heavy atom. The third kappa shape index (κ3) is 4.20. The summed E-state index contributed by atoms with van der Waals surface area (Å²) in [6, 6.07) is 0. The summed E-state index contributed by atoms with van der Waals surface area (Å²) in [6.07, 6.45) is 2.56. The second kappa shape index (κ2) is 4.51. The van der Waals surface area contributed by atoms with Gasteiger partial charge in [-0.1, -0.05) is 20.3 Å². The van der Waals surface area contributed by atoms with Crippen LogP contribution in [0.5, 0.6) is 0 Å². The molecule has 0 N–H and O–H groups in total. The van der Waals surface area contributed by atoms with Crippen LogP contribution < -0.4 is 0 Å². The summed E-state index contributed by atoms with van der Waals surface area (Å²) in [6.45, 7) is 4.48. The Morgan fingerprint density at radius 3 is 2.29 bits per heavy atom. The molecule has 0 aromatic heterocycles. The van der Waals surface area contributed by atoms with Crippen LogP contribution in [0.25, 0.3) is 0 Å². The van der Waals surface area contributed by atoms with Gasteiger partial charge in [0.25, 0.3) is 0 Å². The molecule has 0 aromatic rings. The van der Waals surface area contributed by atoms with E-state index in [0.717, 1.165) is 11.7 Å². The van der Waals surface area contributed by atoms with Gasteiger partial charge in [-0.15, -0.1) is 0 Å². The first-order valence-electron chi connectivity index (χ1n) is 2.92. The number of rotatable bonds is 3. The summed E-state index contributed by atoms with van der Waals surface area (Å²) >= 11 is 4.11. The summed E-state index contributed by atoms with van der Waals surface area (Å²) < 4.78 is 0. The van der Waals surface area contributed by atoms with Crippen LogP contribution in [0.1, 0.15) is 26.7 Å². The maximum Gasteiger partial charge on any atom is -0.00954 e. The van der Waals surface area contributed by atoms with Gasteiger partial charge < -0.3 is 0 Å². The molecule has 0 aliphatic heterocycles. The van der Waals surface area contributed by atoms with Crippen molar-refractivity contribution in [1.29, 1.82) is 0 Å². The molecule has 7 heavy (non-hydrogen) atoms. The Bertz CT molecular complexity index is 35.2. The monoisotopic (exact) mass is 118 g/mol. The first-order valence-corrected chi connectivity index (χ1v) is 3.55. The minimum absolute atomic E-state index is 0.873. The molecule has 0 aliphatic carbocycles. The zero-order valence-corrected chi connectivity index (χ0v) is 6.04. The normalized spacial score (nSPS) is 14.1. The zero-order chi connectivity index (χ0) is 5.70. The van der Waals surface area contributed by atoms with Gasteiger partial charge in [0.2, 0.25) is 0 Å². The number of hydrogen-bond donors (Lipinski definition) is 1. The Hall–Kier alpha value is 0.350. The van der Waals surface area contributed by atoms with Gasteiger partial charge in [-0.25, -0.2) is 0 Å². The van der Waals surface area contributed by atoms with E-state index in [2.05, 4.69) is 26.5 Å². The average Bonchev–Trinajstić information content (AvgIpc) is 1.68. The Morgan fingerprint density at radius 2 is 2.14 bits per heavy atom. The second-order valence-electron chi connectivity index (χ2n) is 2.03. The maximum atomic E-state index is 4.11. The lowest BCUT2D eigenvalue weighted by Crippen LogP contribution is -1.90. The molecule has 0 unspecified atom stereocenters. The summed E-state index contributed by atoms with van der Waals surface area (Å²) in [5.74, 6) is 1.91. The second-order valence-corrected chi connectivity index (χ2v) is 2.47. The summed E-state index contributed by atoms with van der Waals surface area (Å²) in [5.41, 5.74) is 0. The summed E-state index contributed by atoms with van der Waals surface area (Å²) in [4.78, 5) is 0. The molecule has 0 aliphatic rings. The molecule has 1 heteroatoms. The molecule has 44 valence electrons. The third-order valence-corrected chi connectivity index (χ3v) is 1.58. The molecule has 1 atom stereocenters. The highest BCUT2D eigenvalue weighted by Crippen LogP contribution is 2.05. The summed E-state index contributed by atoms with van der Waals surface area (Å²) in [5, 5.41) is 0. The van der Waals surface area contributed by atoms with Gasteiger partial charge in [-0.2, -0.15) is 12.6 Å². The molecule has 0 heterocycles. The lowest BCUT2D eigenvalue weighted by atomic mass is 10.1. The van der Waals surface area contributed by atoms with Crippen molar-refractivity contribution in [2.24, 2.45) is 5.92 Å². The van der Waals surface area contributed by atoms with E-state index in [9.17, 15) is 0 Å². The predicted octanol–water partition coefficient (Wildman–Crippen LogP) is 2.35. The zero-order valence-electron chi connectivity index (χ0n) is 5.15. The van der Waals surface area contributed by atoms with Crippen LogP contribution in [0.15, 0.2) is 0 Å². The van der Waals surface area contributed by atoms with Crippen molar-refractivity contribution in [3.05, 3.63) is 0 Å². The van der Waals surface area contributed by atoms with Crippen LogP contribution in [0.2, 0.25) is 0 Å². The molecular formula is C6H14S. The first-order chi connectivity index (χ1) is 3.31. The van der Waals surface area contributed by atoms with Crippen LogP contribution >= 0.6 is 12.6 Å². The fourth-order valence-corrected chi connectivity index (χ4v) is 0.865. The Balaban J connectivity index is 2.83. The van der Waals surface area contributed by atoms with Gasteiger partial charge in [0, 0.05) is 0 Å². The maximum absolute atomic E-state index is 4.11. The lowest BCUT2D eigenvalue weighted by molar-refractivity contribution is 0.549. The molecule has 0 saturated carbocycles.